The zero-order valence-electron chi connectivity index (χ0n) is 26.2. The fraction of sp³-hybridized carbons (Fsp3) is 0.514. The Hall–Kier alpha value is -3.39. The summed E-state index contributed by atoms with van der Waals surface area (Å²) >= 11 is 0. The summed E-state index contributed by atoms with van der Waals surface area (Å²) in [6.45, 7) is 6.72. The summed E-state index contributed by atoms with van der Waals surface area (Å²) in [7, 11) is 0. The number of aromatic amines is 1. The number of nitrogens with zero attached hydrogens (tertiary/aromatic N) is 5. The van der Waals surface area contributed by atoms with Crippen LogP contribution in [0.5, 0.6) is 0 Å². The minimum atomic E-state index is -4.28. The number of fused-ring (bicyclic) bond motifs is 2. The third kappa shape index (κ3) is 6.55. The summed E-state index contributed by atoms with van der Waals surface area (Å²) in [5.74, 6) is 1.10. The van der Waals surface area contributed by atoms with Gasteiger partial charge in [0.2, 0.25) is 0 Å². The van der Waals surface area contributed by atoms with E-state index in [1.165, 1.54) is 11.1 Å². The van der Waals surface area contributed by atoms with Crippen LogP contribution < -0.4 is 10.6 Å². The van der Waals surface area contributed by atoms with E-state index >= 15 is 0 Å². The molecule has 3 fully saturated rings. The van der Waals surface area contributed by atoms with Crippen LogP contribution in [0.25, 0.3) is 21.8 Å². The van der Waals surface area contributed by atoms with Crippen molar-refractivity contribution >= 4 is 40.0 Å². The van der Waals surface area contributed by atoms with E-state index in [1.807, 2.05) is 12.1 Å². The van der Waals surface area contributed by atoms with Gasteiger partial charge in [-0.2, -0.15) is 18.4 Å². The number of nitrogens with one attached hydrogen (secondary N) is 1. The summed E-state index contributed by atoms with van der Waals surface area (Å²) in [4.78, 5) is 17.0. The van der Waals surface area contributed by atoms with Gasteiger partial charge in [-0.05, 0) is 117 Å². The fourth-order valence-electron chi connectivity index (χ4n) is 7.98. The van der Waals surface area contributed by atoms with Crippen LogP contribution >= 0.6 is 12.4 Å². The van der Waals surface area contributed by atoms with Gasteiger partial charge in [0.15, 0.2) is 0 Å². The van der Waals surface area contributed by atoms with Gasteiger partial charge >= 0.3 is 6.18 Å². The summed E-state index contributed by atoms with van der Waals surface area (Å²) in [5.41, 5.74) is 12.2. The Morgan fingerprint density at radius 3 is 2.43 bits per heavy atom. The highest BCUT2D eigenvalue weighted by Gasteiger charge is 2.46. The SMILES string of the molecule is Cc1c(CN2CCC3(CC2)CN(c2ncnc4cc(CC5CCC(N)CC5)c(CC(F)(F)F)cc24)C3)ccc2[nH]c(C#N)cc12.Cl. The molecule has 7 rings (SSSR count). The zero-order valence-corrected chi connectivity index (χ0v) is 27.0. The molecule has 4 aromatic rings. The van der Waals surface area contributed by atoms with Crippen molar-refractivity contribution in [3.05, 3.63) is 64.6 Å². The number of aromatic nitrogens is 3. The lowest BCUT2D eigenvalue weighted by Gasteiger charge is -2.54. The van der Waals surface area contributed by atoms with Gasteiger partial charge in [-0.1, -0.05) is 6.07 Å². The Morgan fingerprint density at radius 2 is 1.74 bits per heavy atom. The molecular weight excluding hydrogens is 611 g/mol. The van der Waals surface area contributed by atoms with E-state index in [-0.39, 0.29) is 23.9 Å². The van der Waals surface area contributed by atoms with Crippen molar-refractivity contribution < 1.29 is 13.2 Å². The number of likely N-dealkylation sites (tertiary alicyclic amines) is 1. The Labute approximate surface area is 273 Å². The second kappa shape index (κ2) is 12.7. The fourth-order valence-corrected chi connectivity index (χ4v) is 7.98. The van der Waals surface area contributed by atoms with Crippen molar-refractivity contribution in [2.75, 3.05) is 31.1 Å². The monoisotopic (exact) mass is 651 g/mol. The van der Waals surface area contributed by atoms with Gasteiger partial charge in [-0.25, -0.2) is 9.97 Å². The van der Waals surface area contributed by atoms with Gasteiger partial charge < -0.3 is 15.6 Å². The molecule has 11 heteroatoms. The number of rotatable bonds is 6. The molecule has 7 nitrogen and oxygen atoms in total. The van der Waals surface area contributed by atoms with Crippen LogP contribution in [0.1, 0.15) is 66.5 Å². The summed E-state index contributed by atoms with van der Waals surface area (Å²) in [5, 5.41) is 11.1. The number of anilines is 1. The molecule has 0 atom stereocenters. The van der Waals surface area contributed by atoms with E-state index < -0.39 is 12.6 Å². The van der Waals surface area contributed by atoms with Gasteiger partial charge in [-0.3, -0.25) is 4.90 Å². The number of benzene rings is 2. The van der Waals surface area contributed by atoms with E-state index in [4.69, 9.17) is 5.73 Å². The van der Waals surface area contributed by atoms with Gasteiger partial charge in [0.25, 0.3) is 0 Å². The highest BCUT2D eigenvalue weighted by molar-refractivity contribution is 5.91. The van der Waals surface area contributed by atoms with E-state index in [0.717, 1.165) is 99.0 Å². The topological polar surface area (TPSA) is 97.9 Å². The first-order valence-corrected chi connectivity index (χ1v) is 16.2. The first-order valence-electron chi connectivity index (χ1n) is 16.2. The first kappa shape index (κ1) is 32.5. The number of H-pyrrole nitrogens is 1. The van der Waals surface area contributed by atoms with E-state index in [1.54, 1.807) is 12.4 Å². The Bertz CT molecular complexity index is 1750. The molecule has 2 aromatic carbocycles. The van der Waals surface area contributed by atoms with Crippen LogP contribution in [0.15, 0.2) is 36.7 Å². The van der Waals surface area contributed by atoms with Crippen molar-refractivity contribution in [3.8, 4) is 6.07 Å². The molecule has 4 heterocycles. The van der Waals surface area contributed by atoms with Crippen LogP contribution in [-0.2, 0) is 19.4 Å². The van der Waals surface area contributed by atoms with Crippen LogP contribution in [0.4, 0.5) is 19.0 Å². The molecule has 244 valence electrons. The van der Waals surface area contributed by atoms with Gasteiger partial charge in [0, 0.05) is 47.4 Å². The number of piperidine rings is 1. The molecule has 3 aliphatic rings. The Balaban J connectivity index is 0.00000372. The van der Waals surface area contributed by atoms with Crippen molar-refractivity contribution in [1.29, 1.82) is 5.26 Å². The quantitative estimate of drug-likeness (QED) is 0.234. The number of alkyl halides is 3. The van der Waals surface area contributed by atoms with Crippen LogP contribution in [-0.4, -0.2) is 58.2 Å². The zero-order chi connectivity index (χ0) is 31.3. The van der Waals surface area contributed by atoms with Crippen molar-refractivity contribution in [3.63, 3.8) is 0 Å². The maximum absolute atomic E-state index is 13.7. The van der Waals surface area contributed by atoms with Crippen LogP contribution in [0.3, 0.4) is 0 Å². The predicted molar refractivity (Wildman–Crippen MR) is 177 cm³/mol. The number of hydrogen-bond acceptors (Lipinski definition) is 6. The predicted octanol–water partition coefficient (Wildman–Crippen LogP) is 6.98. The molecule has 0 bridgehead atoms. The van der Waals surface area contributed by atoms with E-state index in [0.29, 0.717) is 29.0 Å². The summed E-state index contributed by atoms with van der Waals surface area (Å²) in [6.07, 6.45) is 2.90. The number of aryl methyl sites for hydroxylation is 1. The summed E-state index contributed by atoms with van der Waals surface area (Å²) < 4.78 is 41.2. The van der Waals surface area contributed by atoms with Crippen molar-refractivity contribution in [2.24, 2.45) is 17.1 Å². The standard InChI is InChI=1S/C35H40F3N7.ClH/c1-22-24(4-7-31-29(22)15-28(17-39)43-31)18-44-10-8-34(9-11-44)19-45(20-34)33-30-13-26(16-35(36,37)38)25(14-32(30)41-21-42-33)12-23-2-5-27(40)6-3-23;/h4,7,13-15,21,23,27,43H,2-3,5-6,8-12,16,18-20,40H2,1H3;1H. The molecule has 0 unspecified atom stereocenters. The summed E-state index contributed by atoms with van der Waals surface area (Å²) in [6, 6.07) is 12.2. The lowest BCUT2D eigenvalue weighted by molar-refractivity contribution is -0.127. The van der Waals surface area contributed by atoms with Gasteiger partial charge in [0.1, 0.15) is 23.9 Å². The Kier molecular flexibility index (Phi) is 8.96. The number of hydrogen-bond donors (Lipinski definition) is 2. The average Bonchev–Trinajstić information content (AvgIpc) is 3.43. The second-order valence-electron chi connectivity index (χ2n) is 13.9. The van der Waals surface area contributed by atoms with Gasteiger partial charge in [-0.15, -0.1) is 12.4 Å². The molecule has 2 aromatic heterocycles. The molecule has 2 saturated heterocycles. The number of nitriles is 1. The third-order valence-electron chi connectivity index (χ3n) is 10.7. The third-order valence-corrected chi connectivity index (χ3v) is 10.7. The minimum Gasteiger partial charge on any atom is -0.355 e. The average molecular weight is 652 g/mol. The smallest absolute Gasteiger partial charge is 0.355 e. The molecule has 1 aliphatic carbocycles. The van der Waals surface area contributed by atoms with E-state index in [2.05, 4.69) is 49.9 Å². The highest BCUT2D eigenvalue weighted by atomic mass is 35.5. The highest BCUT2D eigenvalue weighted by Crippen LogP contribution is 2.44. The van der Waals surface area contributed by atoms with E-state index in [9.17, 15) is 18.4 Å². The molecule has 3 N–H and O–H groups in total. The maximum Gasteiger partial charge on any atom is 0.393 e. The maximum atomic E-state index is 13.7. The van der Waals surface area contributed by atoms with Crippen LogP contribution in [0.2, 0.25) is 0 Å². The van der Waals surface area contributed by atoms with Crippen LogP contribution in [0, 0.1) is 29.6 Å². The molecule has 2 aliphatic heterocycles. The number of nitrogens with two attached hydrogens (primary N) is 1. The normalized spacial score (nSPS) is 21.7. The second-order valence-corrected chi connectivity index (χ2v) is 13.9. The minimum absolute atomic E-state index is 0. The molecule has 1 spiro atoms. The molecule has 0 amide bonds. The van der Waals surface area contributed by atoms with Gasteiger partial charge in [0.05, 0.1) is 11.9 Å². The molecule has 1 saturated carbocycles. The molecule has 0 radical (unpaired) electrons. The Morgan fingerprint density at radius 1 is 1.00 bits per heavy atom. The largest absolute Gasteiger partial charge is 0.393 e. The first-order chi connectivity index (χ1) is 21.6. The van der Waals surface area contributed by atoms with Crippen molar-refractivity contribution in [1.82, 2.24) is 19.9 Å². The molecular formula is C35H41ClF3N7. The molecule has 46 heavy (non-hydrogen) atoms. The van der Waals surface area contributed by atoms with Crippen molar-refractivity contribution in [2.45, 2.75) is 77.1 Å². The lowest BCUT2D eigenvalue weighted by atomic mass is 9.72. The lowest BCUT2D eigenvalue weighted by Crippen LogP contribution is -2.60. The number of halogens is 4.